The Morgan fingerprint density at radius 1 is 0.885 bits per heavy atom. The van der Waals surface area contributed by atoms with Gasteiger partial charge in [0.1, 0.15) is 0 Å². The Balaban J connectivity index is 1.81. The molecule has 1 aliphatic rings. The van der Waals surface area contributed by atoms with Crippen molar-refractivity contribution in [2.45, 2.75) is 24.9 Å². The van der Waals surface area contributed by atoms with Crippen LogP contribution in [0.5, 0.6) is 0 Å². The summed E-state index contributed by atoms with van der Waals surface area (Å²) in [5.74, 6) is 0.476. The molecule has 3 aromatic rings. The van der Waals surface area contributed by atoms with Gasteiger partial charge in [0.15, 0.2) is 0 Å². The van der Waals surface area contributed by atoms with E-state index in [2.05, 4.69) is 0 Å². The summed E-state index contributed by atoms with van der Waals surface area (Å²) in [5.41, 5.74) is 3.20. The van der Waals surface area contributed by atoms with Gasteiger partial charge in [-0.05, 0) is 54.7 Å². The lowest BCUT2D eigenvalue weighted by atomic mass is 10.00. The standard InChI is InChI=1S/C21H15ClF3N/c22-17-8-6-14(7-9-17)20-18(13-4-5-13)10-11-19(26-20)15-2-1-3-16(12-15)21(23,24)25/h1-3,6-13H,4-5H2. The lowest BCUT2D eigenvalue weighted by Gasteiger charge is -2.12. The quantitative estimate of drug-likeness (QED) is 0.483. The summed E-state index contributed by atoms with van der Waals surface area (Å²) in [7, 11) is 0. The van der Waals surface area contributed by atoms with Crippen LogP contribution in [0.15, 0.2) is 60.7 Å². The van der Waals surface area contributed by atoms with E-state index in [-0.39, 0.29) is 0 Å². The molecule has 0 radical (unpaired) electrons. The molecular weight excluding hydrogens is 359 g/mol. The molecule has 26 heavy (non-hydrogen) atoms. The normalized spacial score (nSPS) is 14.5. The van der Waals surface area contributed by atoms with Crippen molar-refractivity contribution in [3.05, 3.63) is 76.8 Å². The molecule has 0 amide bonds. The molecule has 0 N–H and O–H groups in total. The van der Waals surface area contributed by atoms with E-state index < -0.39 is 11.7 Å². The second kappa shape index (κ2) is 6.44. The first-order valence-corrected chi connectivity index (χ1v) is 8.74. The second-order valence-electron chi connectivity index (χ2n) is 6.49. The van der Waals surface area contributed by atoms with Crippen LogP contribution in [0.1, 0.15) is 29.9 Å². The SMILES string of the molecule is FC(F)(F)c1cccc(-c2ccc(C3CC3)c(-c3ccc(Cl)cc3)n2)c1. The van der Waals surface area contributed by atoms with Crippen LogP contribution in [-0.2, 0) is 6.18 Å². The van der Waals surface area contributed by atoms with Crippen LogP contribution in [0, 0.1) is 0 Å². The fraction of sp³-hybridized carbons (Fsp3) is 0.190. The van der Waals surface area contributed by atoms with Crippen LogP contribution in [0.25, 0.3) is 22.5 Å². The summed E-state index contributed by atoms with van der Waals surface area (Å²) >= 11 is 5.97. The van der Waals surface area contributed by atoms with Gasteiger partial charge < -0.3 is 0 Å². The van der Waals surface area contributed by atoms with E-state index in [1.807, 2.05) is 24.3 Å². The summed E-state index contributed by atoms with van der Waals surface area (Å²) < 4.78 is 39.0. The Hall–Kier alpha value is -2.33. The van der Waals surface area contributed by atoms with Crippen molar-refractivity contribution in [1.82, 2.24) is 4.98 Å². The lowest BCUT2D eigenvalue weighted by Crippen LogP contribution is -2.04. The van der Waals surface area contributed by atoms with E-state index in [9.17, 15) is 13.2 Å². The summed E-state index contributed by atoms with van der Waals surface area (Å²) in [6.45, 7) is 0. The predicted octanol–water partition coefficient (Wildman–Crippen LogP) is 6.97. The van der Waals surface area contributed by atoms with Crippen LogP contribution in [0.3, 0.4) is 0 Å². The Kier molecular flexibility index (Phi) is 4.23. The highest BCUT2D eigenvalue weighted by Crippen LogP contribution is 2.44. The smallest absolute Gasteiger partial charge is 0.247 e. The summed E-state index contributed by atoms with van der Waals surface area (Å²) in [4.78, 5) is 4.72. The van der Waals surface area contributed by atoms with E-state index in [1.54, 1.807) is 18.2 Å². The zero-order valence-corrected chi connectivity index (χ0v) is 14.5. The average molecular weight is 374 g/mol. The number of hydrogen-bond acceptors (Lipinski definition) is 1. The molecule has 1 fully saturated rings. The fourth-order valence-corrected chi connectivity index (χ4v) is 3.17. The molecule has 0 spiro atoms. The Labute approximate surface area is 154 Å². The minimum absolute atomic E-state index is 0.456. The van der Waals surface area contributed by atoms with Gasteiger partial charge in [0.05, 0.1) is 17.0 Å². The first-order chi connectivity index (χ1) is 12.4. The average Bonchev–Trinajstić information content (AvgIpc) is 3.46. The molecule has 1 aromatic heterocycles. The number of nitrogens with zero attached hydrogens (tertiary/aromatic N) is 1. The van der Waals surface area contributed by atoms with Crippen LogP contribution in [0.2, 0.25) is 5.02 Å². The molecule has 0 bridgehead atoms. The molecule has 0 saturated heterocycles. The first kappa shape index (κ1) is 17.1. The molecule has 0 atom stereocenters. The molecule has 1 aliphatic carbocycles. The van der Waals surface area contributed by atoms with Crippen molar-refractivity contribution in [2.75, 3.05) is 0 Å². The molecule has 1 saturated carbocycles. The van der Waals surface area contributed by atoms with Gasteiger partial charge in [0.2, 0.25) is 0 Å². The molecule has 2 aromatic carbocycles. The highest BCUT2D eigenvalue weighted by molar-refractivity contribution is 6.30. The van der Waals surface area contributed by atoms with Crippen LogP contribution in [0.4, 0.5) is 13.2 Å². The van der Waals surface area contributed by atoms with Gasteiger partial charge in [-0.15, -0.1) is 0 Å². The van der Waals surface area contributed by atoms with Crippen LogP contribution < -0.4 is 0 Å². The third kappa shape index (κ3) is 3.47. The maximum atomic E-state index is 13.0. The van der Waals surface area contributed by atoms with Gasteiger partial charge in [-0.1, -0.05) is 41.9 Å². The van der Waals surface area contributed by atoms with Crippen molar-refractivity contribution < 1.29 is 13.2 Å². The van der Waals surface area contributed by atoms with Gasteiger partial charge in [-0.2, -0.15) is 13.2 Å². The molecule has 1 heterocycles. The third-order valence-electron chi connectivity index (χ3n) is 4.55. The topological polar surface area (TPSA) is 12.9 Å². The van der Waals surface area contributed by atoms with E-state index in [4.69, 9.17) is 16.6 Å². The summed E-state index contributed by atoms with van der Waals surface area (Å²) in [6, 6.07) is 16.5. The first-order valence-electron chi connectivity index (χ1n) is 8.36. The van der Waals surface area contributed by atoms with Crippen molar-refractivity contribution >= 4 is 11.6 Å². The van der Waals surface area contributed by atoms with E-state index in [0.717, 1.165) is 41.8 Å². The Morgan fingerprint density at radius 2 is 1.62 bits per heavy atom. The van der Waals surface area contributed by atoms with Crippen molar-refractivity contribution in [2.24, 2.45) is 0 Å². The second-order valence-corrected chi connectivity index (χ2v) is 6.93. The van der Waals surface area contributed by atoms with E-state index in [1.165, 1.54) is 6.07 Å². The van der Waals surface area contributed by atoms with Gasteiger partial charge in [0.25, 0.3) is 0 Å². The van der Waals surface area contributed by atoms with Gasteiger partial charge in [-0.3, -0.25) is 0 Å². The maximum absolute atomic E-state index is 13.0. The monoisotopic (exact) mass is 373 g/mol. The number of aromatic nitrogens is 1. The van der Waals surface area contributed by atoms with Crippen molar-refractivity contribution in [3.8, 4) is 22.5 Å². The highest BCUT2D eigenvalue weighted by Gasteiger charge is 2.31. The Morgan fingerprint density at radius 3 is 2.27 bits per heavy atom. The van der Waals surface area contributed by atoms with E-state index >= 15 is 0 Å². The zero-order valence-electron chi connectivity index (χ0n) is 13.7. The molecule has 0 aliphatic heterocycles. The number of pyridine rings is 1. The zero-order chi connectivity index (χ0) is 18.3. The minimum Gasteiger partial charge on any atom is -0.247 e. The van der Waals surface area contributed by atoms with Gasteiger partial charge in [-0.25, -0.2) is 4.98 Å². The number of halogens is 4. The van der Waals surface area contributed by atoms with Crippen LogP contribution in [-0.4, -0.2) is 4.98 Å². The largest absolute Gasteiger partial charge is 0.416 e. The van der Waals surface area contributed by atoms with Crippen molar-refractivity contribution in [1.29, 1.82) is 0 Å². The molecule has 132 valence electrons. The van der Waals surface area contributed by atoms with Gasteiger partial charge in [0, 0.05) is 16.1 Å². The molecule has 5 heteroatoms. The van der Waals surface area contributed by atoms with Crippen LogP contribution >= 0.6 is 11.6 Å². The number of alkyl halides is 3. The van der Waals surface area contributed by atoms with E-state index in [0.29, 0.717) is 22.2 Å². The van der Waals surface area contributed by atoms with Gasteiger partial charge >= 0.3 is 6.18 Å². The lowest BCUT2D eigenvalue weighted by molar-refractivity contribution is -0.137. The number of hydrogen-bond donors (Lipinski definition) is 0. The minimum atomic E-state index is -4.37. The number of rotatable bonds is 3. The molecule has 0 unspecified atom stereocenters. The highest BCUT2D eigenvalue weighted by atomic mass is 35.5. The Bertz CT molecular complexity index is 944. The fourth-order valence-electron chi connectivity index (χ4n) is 3.05. The maximum Gasteiger partial charge on any atom is 0.416 e. The predicted molar refractivity (Wildman–Crippen MR) is 97.1 cm³/mol. The summed E-state index contributed by atoms with van der Waals surface area (Å²) in [5, 5.41) is 0.635. The molecular formula is C21H15ClF3N. The molecule has 1 nitrogen and oxygen atoms in total. The third-order valence-corrected chi connectivity index (χ3v) is 4.80. The molecule has 4 rings (SSSR count). The van der Waals surface area contributed by atoms with Crippen molar-refractivity contribution in [3.63, 3.8) is 0 Å². The summed E-state index contributed by atoms with van der Waals surface area (Å²) in [6.07, 6.45) is -2.14. The number of benzene rings is 2.